The molecule has 0 aliphatic carbocycles. The Bertz CT molecular complexity index is 395. The number of halogens is 1. The van der Waals surface area contributed by atoms with Crippen molar-refractivity contribution in [2.75, 3.05) is 5.73 Å². The maximum Gasteiger partial charge on any atom is 0.188 e. The van der Waals surface area contributed by atoms with Crippen LogP contribution in [-0.2, 0) is 0 Å². The van der Waals surface area contributed by atoms with Crippen molar-refractivity contribution in [1.29, 1.82) is 0 Å². The molecule has 2 N–H and O–H groups in total. The van der Waals surface area contributed by atoms with Crippen molar-refractivity contribution >= 4 is 22.9 Å². The molecule has 0 bridgehead atoms. The van der Waals surface area contributed by atoms with Crippen molar-refractivity contribution < 1.29 is 0 Å². The zero-order valence-corrected chi connectivity index (χ0v) is 6.15. The molecule has 11 heavy (non-hydrogen) atoms. The second-order valence-electron chi connectivity index (χ2n) is 2.01. The van der Waals surface area contributed by atoms with Crippen molar-refractivity contribution in [3.63, 3.8) is 0 Å². The van der Waals surface area contributed by atoms with Gasteiger partial charge in [0, 0.05) is 0 Å². The zero-order valence-electron chi connectivity index (χ0n) is 5.40. The molecular formula is C5H4ClN5. The molecule has 0 aliphatic heterocycles. The van der Waals surface area contributed by atoms with E-state index in [1.54, 1.807) is 4.40 Å². The summed E-state index contributed by atoms with van der Waals surface area (Å²) in [5.74, 6) is 0. The summed E-state index contributed by atoms with van der Waals surface area (Å²) < 4.78 is 1.60. The van der Waals surface area contributed by atoms with Gasteiger partial charge in [0.05, 0.1) is 0 Å². The van der Waals surface area contributed by atoms with Gasteiger partial charge in [-0.25, -0.2) is 4.98 Å². The number of hydrogen-bond acceptors (Lipinski definition) is 4. The monoisotopic (exact) mass is 169 g/mol. The van der Waals surface area contributed by atoms with Crippen LogP contribution >= 0.6 is 11.6 Å². The average Bonchev–Trinajstić information content (AvgIpc) is 2.45. The van der Waals surface area contributed by atoms with Gasteiger partial charge in [0.15, 0.2) is 10.8 Å². The molecule has 0 spiro atoms. The minimum atomic E-state index is 0.255. The van der Waals surface area contributed by atoms with Crippen LogP contribution < -0.4 is 5.73 Å². The molecule has 2 heterocycles. The van der Waals surface area contributed by atoms with E-state index in [1.807, 2.05) is 0 Å². The van der Waals surface area contributed by atoms with Gasteiger partial charge >= 0.3 is 0 Å². The van der Waals surface area contributed by atoms with Crippen LogP contribution in [-0.4, -0.2) is 19.6 Å². The number of nitrogen functional groups attached to an aromatic ring is 1. The minimum absolute atomic E-state index is 0.255. The molecule has 6 heteroatoms. The summed E-state index contributed by atoms with van der Waals surface area (Å²) in [5, 5.41) is 7.64. The van der Waals surface area contributed by atoms with Gasteiger partial charge in [0.2, 0.25) is 0 Å². The van der Waals surface area contributed by atoms with Gasteiger partial charge in [-0.05, 0) is 0 Å². The smallest absolute Gasteiger partial charge is 0.188 e. The third-order valence-electron chi connectivity index (χ3n) is 1.33. The summed E-state index contributed by atoms with van der Waals surface area (Å²) in [6.45, 7) is 0. The summed E-state index contributed by atoms with van der Waals surface area (Å²) in [7, 11) is 0. The van der Waals surface area contributed by atoms with E-state index in [0.717, 1.165) is 0 Å². The van der Waals surface area contributed by atoms with E-state index in [2.05, 4.69) is 15.2 Å². The summed E-state index contributed by atoms with van der Waals surface area (Å²) in [5.41, 5.74) is 6.43. The highest BCUT2D eigenvalue weighted by Crippen LogP contribution is 2.17. The summed E-state index contributed by atoms with van der Waals surface area (Å²) >= 11 is 5.63. The molecular weight excluding hydrogens is 166 g/mol. The molecule has 0 atom stereocenters. The van der Waals surface area contributed by atoms with E-state index in [1.165, 1.54) is 12.7 Å². The molecule has 0 amide bonds. The fourth-order valence-electron chi connectivity index (χ4n) is 0.795. The van der Waals surface area contributed by atoms with Crippen molar-refractivity contribution in [3.05, 3.63) is 17.8 Å². The number of rotatable bonds is 0. The fraction of sp³-hybridized carbons (Fsp3) is 0. The Morgan fingerprint density at radius 3 is 3.09 bits per heavy atom. The van der Waals surface area contributed by atoms with E-state index in [0.29, 0.717) is 11.3 Å². The highest BCUT2D eigenvalue weighted by Gasteiger charge is 2.04. The van der Waals surface area contributed by atoms with Gasteiger partial charge in [-0.3, -0.25) is 4.40 Å². The lowest BCUT2D eigenvalue weighted by Crippen LogP contribution is -1.95. The molecule has 0 aliphatic rings. The normalized spacial score (nSPS) is 10.6. The number of anilines is 1. The molecule has 0 saturated carbocycles. The van der Waals surface area contributed by atoms with Crippen molar-refractivity contribution in [2.24, 2.45) is 0 Å². The first-order valence-corrected chi connectivity index (χ1v) is 3.26. The Morgan fingerprint density at radius 2 is 2.27 bits per heavy atom. The first-order chi connectivity index (χ1) is 5.29. The second kappa shape index (κ2) is 2.06. The average molecular weight is 170 g/mol. The largest absolute Gasteiger partial charge is 0.393 e. The highest BCUT2D eigenvalue weighted by atomic mass is 35.5. The Balaban J connectivity index is 2.93. The second-order valence-corrected chi connectivity index (χ2v) is 2.37. The predicted octanol–water partition coefficient (Wildman–Crippen LogP) is 0.360. The van der Waals surface area contributed by atoms with E-state index in [9.17, 15) is 0 Å². The van der Waals surface area contributed by atoms with E-state index in [-0.39, 0.29) is 5.15 Å². The molecule has 5 nitrogen and oxygen atoms in total. The van der Waals surface area contributed by atoms with Gasteiger partial charge < -0.3 is 5.73 Å². The van der Waals surface area contributed by atoms with Gasteiger partial charge in [-0.1, -0.05) is 11.6 Å². The maximum atomic E-state index is 5.63. The standard InChI is InChI=1S/C5H4ClN5/c6-4-3(7)5-10-9-2-11(5)1-8-4/h1-2H,7H2. The van der Waals surface area contributed by atoms with Crippen LogP contribution in [0.3, 0.4) is 0 Å². The Hall–Kier alpha value is -1.36. The summed E-state index contributed by atoms with van der Waals surface area (Å²) in [6, 6.07) is 0. The van der Waals surface area contributed by atoms with Crippen LogP contribution in [0.25, 0.3) is 5.65 Å². The van der Waals surface area contributed by atoms with Crippen molar-refractivity contribution in [3.8, 4) is 0 Å². The molecule has 0 radical (unpaired) electrons. The molecule has 56 valence electrons. The van der Waals surface area contributed by atoms with Crippen LogP contribution in [0.5, 0.6) is 0 Å². The van der Waals surface area contributed by atoms with Crippen LogP contribution in [0, 0.1) is 0 Å². The lowest BCUT2D eigenvalue weighted by Gasteiger charge is -1.96. The molecule has 0 aromatic carbocycles. The first kappa shape index (κ1) is 6.36. The molecule has 2 aromatic heterocycles. The number of aromatic nitrogens is 4. The van der Waals surface area contributed by atoms with Gasteiger partial charge in [-0.2, -0.15) is 0 Å². The third kappa shape index (κ3) is 0.813. The predicted molar refractivity (Wildman–Crippen MR) is 40.2 cm³/mol. The van der Waals surface area contributed by atoms with Crippen LogP contribution in [0.4, 0.5) is 5.69 Å². The van der Waals surface area contributed by atoms with Crippen molar-refractivity contribution in [1.82, 2.24) is 19.6 Å². The molecule has 2 aromatic rings. The van der Waals surface area contributed by atoms with Crippen LogP contribution in [0.1, 0.15) is 0 Å². The number of fused-ring (bicyclic) bond motifs is 1. The van der Waals surface area contributed by atoms with E-state index in [4.69, 9.17) is 17.3 Å². The first-order valence-electron chi connectivity index (χ1n) is 2.88. The number of hydrogen-bond donors (Lipinski definition) is 1. The molecule has 2 rings (SSSR count). The van der Waals surface area contributed by atoms with E-state index < -0.39 is 0 Å². The molecule has 0 fully saturated rings. The summed E-state index contributed by atoms with van der Waals surface area (Å²) in [6.07, 6.45) is 3.02. The number of nitrogens with two attached hydrogens (primary N) is 1. The third-order valence-corrected chi connectivity index (χ3v) is 1.63. The topological polar surface area (TPSA) is 69.1 Å². The zero-order chi connectivity index (χ0) is 7.84. The molecule has 0 saturated heterocycles. The van der Waals surface area contributed by atoms with Crippen LogP contribution in [0.15, 0.2) is 12.7 Å². The van der Waals surface area contributed by atoms with Gasteiger partial charge in [-0.15, -0.1) is 10.2 Å². The maximum absolute atomic E-state index is 5.63. The van der Waals surface area contributed by atoms with E-state index >= 15 is 0 Å². The van der Waals surface area contributed by atoms with Gasteiger partial charge in [0.25, 0.3) is 0 Å². The fourth-order valence-corrected chi connectivity index (χ4v) is 0.923. The minimum Gasteiger partial charge on any atom is -0.393 e. The van der Waals surface area contributed by atoms with Gasteiger partial charge in [0.1, 0.15) is 18.3 Å². The van der Waals surface area contributed by atoms with Crippen LogP contribution in [0.2, 0.25) is 5.15 Å². The SMILES string of the molecule is Nc1c(Cl)ncn2cnnc12. The lowest BCUT2D eigenvalue weighted by molar-refractivity contribution is 1.07. The quantitative estimate of drug-likeness (QED) is 0.579. The Labute approximate surface area is 66.8 Å². The Morgan fingerprint density at radius 1 is 1.45 bits per heavy atom. The number of nitrogens with zero attached hydrogens (tertiary/aromatic N) is 4. The summed E-state index contributed by atoms with van der Waals surface area (Å²) in [4.78, 5) is 3.80. The Kier molecular flexibility index (Phi) is 1.19. The molecule has 0 unspecified atom stereocenters. The lowest BCUT2D eigenvalue weighted by atomic mass is 10.5. The van der Waals surface area contributed by atoms with Crippen molar-refractivity contribution in [2.45, 2.75) is 0 Å². The highest BCUT2D eigenvalue weighted by molar-refractivity contribution is 6.32.